The van der Waals surface area contributed by atoms with Crippen LogP contribution < -0.4 is 4.72 Å². The van der Waals surface area contributed by atoms with Crippen molar-refractivity contribution < 1.29 is 8.42 Å². The van der Waals surface area contributed by atoms with Gasteiger partial charge >= 0.3 is 0 Å². The van der Waals surface area contributed by atoms with Crippen molar-refractivity contribution in [2.75, 3.05) is 5.75 Å². The lowest BCUT2D eigenvalue weighted by atomic mass is 9.86. The maximum atomic E-state index is 12.1. The first-order valence-electron chi connectivity index (χ1n) is 7.72. The van der Waals surface area contributed by atoms with Gasteiger partial charge in [0.25, 0.3) is 0 Å². The summed E-state index contributed by atoms with van der Waals surface area (Å²) in [6.45, 7) is 6.76. The van der Waals surface area contributed by atoms with Gasteiger partial charge in [0.1, 0.15) is 0 Å². The Labute approximate surface area is 139 Å². The summed E-state index contributed by atoms with van der Waals surface area (Å²) >= 11 is 0. The van der Waals surface area contributed by atoms with E-state index in [1.54, 1.807) is 18.5 Å². The summed E-state index contributed by atoms with van der Waals surface area (Å²) in [6, 6.07) is 11.8. The molecule has 0 aliphatic carbocycles. The van der Waals surface area contributed by atoms with Crippen molar-refractivity contribution in [1.82, 2.24) is 9.71 Å². The van der Waals surface area contributed by atoms with E-state index in [4.69, 9.17) is 0 Å². The molecule has 0 saturated carbocycles. The smallest absolute Gasteiger partial charge is 0.212 e. The predicted octanol–water partition coefficient (Wildman–Crippen LogP) is 3.04. The number of nitrogens with zero attached hydrogens (tertiary/aromatic N) is 1. The van der Waals surface area contributed by atoms with Crippen LogP contribution in [0.3, 0.4) is 0 Å². The fourth-order valence-electron chi connectivity index (χ4n) is 2.19. The van der Waals surface area contributed by atoms with Crippen LogP contribution in [-0.2, 0) is 28.4 Å². The van der Waals surface area contributed by atoms with Crippen molar-refractivity contribution in [1.29, 1.82) is 0 Å². The molecule has 0 atom stereocenters. The summed E-state index contributed by atoms with van der Waals surface area (Å²) in [5.74, 6) is 0.0854. The second kappa shape index (κ2) is 7.23. The quantitative estimate of drug-likeness (QED) is 0.884. The standard InChI is InChI=1S/C18H24N2O2S/c1-18(2,3)17-8-6-15(7-9-17)10-12-23(21,22)20-14-16-5-4-11-19-13-16/h4-9,11,13,20H,10,12,14H2,1-3H3. The van der Waals surface area contributed by atoms with Crippen LogP contribution in [0.15, 0.2) is 48.8 Å². The van der Waals surface area contributed by atoms with Crippen LogP contribution in [0.2, 0.25) is 0 Å². The molecule has 4 nitrogen and oxygen atoms in total. The number of hydrogen-bond donors (Lipinski definition) is 1. The molecule has 1 N–H and O–H groups in total. The zero-order chi connectivity index (χ0) is 16.9. The Morgan fingerprint density at radius 1 is 1.04 bits per heavy atom. The third-order valence-corrected chi connectivity index (χ3v) is 5.02. The van der Waals surface area contributed by atoms with Crippen LogP contribution in [-0.4, -0.2) is 19.2 Å². The van der Waals surface area contributed by atoms with Crippen molar-refractivity contribution in [2.45, 2.75) is 39.2 Å². The van der Waals surface area contributed by atoms with E-state index in [0.717, 1.165) is 11.1 Å². The molecular formula is C18H24N2O2S. The number of rotatable bonds is 6. The maximum Gasteiger partial charge on any atom is 0.212 e. The molecule has 0 bridgehead atoms. The molecule has 0 unspecified atom stereocenters. The summed E-state index contributed by atoms with van der Waals surface area (Å²) in [4.78, 5) is 3.97. The van der Waals surface area contributed by atoms with Crippen molar-refractivity contribution in [3.05, 3.63) is 65.5 Å². The van der Waals surface area contributed by atoms with E-state index in [2.05, 4.69) is 42.6 Å². The molecular weight excluding hydrogens is 308 g/mol. The molecule has 1 aromatic heterocycles. The second-order valence-corrected chi connectivity index (χ2v) is 8.62. The van der Waals surface area contributed by atoms with E-state index in [0.29, 0.717) is 6.42 Å². The molecule has 0 aliphatic heterocycles. The van der Waals surface area contributed by atoms with Gasteiger partial charge in [-0.05, 0) is 34.6 Å². The maximum absolute atomic E-state index is 12.1. The summed E-state index contributed by atoms with van der Waals surface area (Å²) in [5, 5.41) is 0. The van der Waals surface area contributed by atoms with Gasteiger partial charge in [-0.25, -0.2) is 13.1 Å². The number of aryl methyl sites for hydroxylation is 1. The highest BCUT2D eigenvalue weighted by Crippen LogP contribution is 2.22. The highest BCUT2D eigenvalue weighted by atomic mass is 32.2. The number of benzene rings is 1. The Hall–Kier alpha value is -1.72. The lowest BCUT2D eigenvalue weighted by Crippen LogP contribution is -2.26. The predicted molar refractivity (Wildman–Crippen MR) is 93.7 cm³/mol. The summed E-state index contributed by atoms with van der Waals surface area (Å²) in [7, 11) is -3.29. The van der Waals surface area contributed by atoms with E-state index in [1.165, 1.54) is 5.56 Å². The van der Waals surface area contributed by atoms with Crippen molar-refractivity contribution in [3.63, 3.8) is 0 Å². The molecule has 1 aromatic carbocycles. The fraction of sp³-hybridized carbons (Fsp3) is 0.389. The summed E-state index contributed by atoms with van der Waals surface area (Å²) in [5.41, 5.74) is 3.24. The normalized spacial score (nSPS) is 12.3. The van der Waals surface area contributed by atoms with Gasteiger partial charge in [-0.3, -0.25) is 4.98 Å². The van der Waals surface area contributed by atoms with Crippen molar-refractivity contribution in [3.8, 4) is 0 Å². The molecule has 0 fully saturated rings. The second-order valence-electron chi connectivity index (χ2n) is 6.70. The monoisotopic (exact) mass is 332 g/mol. The first-order valence-corrected chi connectivity index (χ1v) is 9.37. The Morgan fingerprint density at radius 2 is 1.74 bits per heavy atom. The van der Waals surface area contributed by atoms with Gasteiger partial charge in [-0.1, -0.05) is 51.1 Å². The van der Waals surface area contributed by atoms with E-state index in [1.807, 2.05) is 18.2 Å². The lowest BCUT2D eigenvalue weighted by Gasteiger charge is -2.19. The Balaban J connectivity index is 1.89. The van der Waals surface area contributed by atoms with E-state index in [9.17, 15) is 8.42 Å². The van der Waals surface area contributed by atoms with Gasteiger partial charge in [0.2, 0.25) is 10.0 Å². The van der Waals surface area contributed by atoms with Crippen molar-refractivity contribution in [2.24, 2.45) is 0 Å². The van der Waals surface area contributed by atoms with E-state index < -0.39 is 10.0 Å². The number of aromatic nitrogens is 1. The minimum atomic E-state index is -3.29. The zero-order valence-corrected chi connectivity index (χ0v) is 14.7. The third-order valence-electron chi connectivity index (χ3n) is 3.70. The Kier molecular flexibility index (Phi) is 5.55. The largest absolute Gasteiger partial charge is 0.264 e. The third kappa shape index (κ3) is 5.77. The molecule has 0 spiro atoms. The molecule has 5 heteroatoms. The van der Waals surface area contributed by atoms with Crippen LogP contribution in [0.25, 0.3) is 0 Å². The average molecular weight is 332 g/mol. The molecule has 124 valence electrons. The van der Waals surface area contributed by atoms with Gasteiger partial charge in [0.05, 0.1) is 5.75 Å². The molecule has 23 heavy (non-hydrogen) atoms. The molecule has 1 heterocycles. The van der Waals surface area contributed by atoms with Gasteiger partial charge in [0, 0.05) is 18.9 Å². The van der Waals surface area contributed by atoms with E-state index >= 15 is 0 Å². The lowest BCUT2D eigenvalue weighted by molar-refractivity contribution is 0.580. The van der Waals surface area contributed by atoms with Gasteiger partial charge in [-0.2, -0.15) is 0 Å². The average Bonchev–Trinajstić information content (AvgIpc) is 2.52. The summed E-state index contributed by atoms with van der Waals surface area (Å²) in [6.07, 6.45) is 3.83. The van der Waals surface area contributed by atoms with Crippen LogP contribution in [0, 0.1) is 0 Å². The van der Waals surface area contributed by atoms with Crippen molar-refractivity contribution >= 4 is 10.0 Å². The zero-order valence-electron chi connectivity index (χ0n) is 13.9. The van der Waals surface area contributed by atoms with Gasteiger partial charge in [-0.15, -0.1) is 0 Å². The minimum Gasteiger partial charge on any atom is -0.264 e. The van der Waals surface area contributed by atoms with E-state index in [-0.39, 0.29) is 17.7 Å². The fourth-order valence-corrected chi connectivity index (χ4v) is 3.23. The number of sulfonamides is 1. The summed E-state index contributed by atoms with van der Waals surface area (Å²) < 4.78 is 26.8. The number of pyridine rings is 1. The van der Waals surface area contributed by atoms with Gasteiger partial charge < -0.3 is 0 Å². The van der Waals surface area contributed by atoms with Crippen LogP contribution in [0.4, 0.5) is 0 Å². The molecule has 0 aliphatic rings. The number of hydrogen-bond acceptors (Lipinski definition) is 3. The highest BCUT2D eigenvalue weighted by molar-refractivity contribution is 7.89. The minimum absolute atomic E-state index is 0.0854. The van der Waals surface area contributed by atoms with Crippen LogP contribution >= 0.6 is 0 Å². The first-order chi connectivity index (χ1) is 10.8. The Morgan fingerprint density at radius 3 is 2.30 bits per heavy atom. The molecule has 0 radical (unpaired) electrons. The van der Waals surface area contributed by atoms with Crippen LogP contribution in [0.5, 0.6) is 0 Å². The molecule has 2 aromatic rings. The van der Waals surface area contributed by atoms with Crippen LogP contribution in [0.1, 0.15) is 37.5 Å². The Bertz CT molecular complexity index is 718. The molecule has 0 amide bonds. The molecule has 2 rings (SSSR count). The topological polar surface area (TPSA) is 59.1 Å². The highest BCUT2D eigenvalue weighted by Gasteiger charge is 2.14. The first kappa shape index (κ1) is 17.6. The van der Waals surface area contributed by atoms with Gasteiger partial charge in [0.15, 0.2) is 0 Å². The number of nitrogens with one attached hydrogen (secondary N) is 1. The SMILES string of the molecule is CC(C)(C)c1ccc(CCS(=O)(=O)NCc2cccnc2)cc1. The molecule has 0 saturated heterocycles.